The summed E-state index contributed by atoms with van der Waals surface area (Å²) in [4.78, 5) is 14.4. The van der Waals surface area contributed by atoms with Gasteiger partial charge in [-0.3, -0.25) is 9.48 Å². The second kappa shape index (κ2) is 5.77. The molecule has 8 nitrogen and oxygen atoms in total. The summed E-state index contributed by atoms with van der Waals surface area (Å²) in [7, 11) is 0. The van der Waals surface area contributed by atoms with E-state index in [1.165, 1.54) is 6.20 Å². The SMILES string of the molecule is Cc1c(C(=O)N2CCC(O)(c3cn[nH]n3)C2)cnn1CC(C)C. The number of nitrogens with one attached hydrogen (secondary N) is 1. The van der Waals surface area contributed by atoms with Gasteiger partial charge in [0.15, 0.2) is 0 Å². The van der Waals surface area contributed by atoms with Crippen LogP contribution in [0.2, 0.25) is 0 Å². The number of aliphatic hydroxyl groups is 1. The number of likely N-dealkylation sites (tertiary alicyclic amines) is 1. The molecule has 1 amide bonds. The van der Waals surface area contributed by atoms with Gasteiger partial charge in [0.1, 0.15) is 11.3 Å². The van der Waals surface area contributed by atoms with Crippen LogP contribution in [0.15, 0.2) is 12.4 Å². The molecule has 1 aliphatic rings. The van der Waals surface area contributed by atoms with E-state index in [1.54, 1.807) is 11.1 Å². The largest absolute Gasteiger partial charge is 0.381 e. The summed E-state index contributed by atoms with van der Waals surface area (Å²) >= 11 is 0. The van der Waals surface area contributed by atoms with Gasteiger partial charge >= 0.3 is 0 Å². The number of rotatable bonds is 4. The number of nitrogens with zero attached hydrogens (tertiary/aromatic N) is 5. The molecule has 8 heteroatoms. The fourth-order valence-electron chi connectivity index (χ4n) is 2.96. The third-order valence-electron chi connectivity index (χ3n) is 4.30. The van der Waals surface area contributed by atoms with Crippen molar-refractivity contribution in [3.63, 3.8) is 0 Å². The second-order valence-electron chi connectivity index (χ2n) is 6.58. The normalized spacial score (nSPS) is 21.3. The van der Waals surface area contributed by atoms with Crippen molar-refractivity contribution >= 4 is 5.91 Å². The van der Waals surface area contributed by atoms with Crippen molar-refractivity contribution < 1.29 is 9.90 Å². The minimum atomic E-state index is -1.13. The van der Waals surface area contributed by atoms with E-state index in [1.807, 2.05) is 11.6 Å². The van der Waals surface area contributed by atoms with Crippen molar-refractivity contribution in [3.8, 4) is 0 Å². The van der Waals surface area contributed by atoms with Gasteiger partial charge in [0.05, 0.1) is 24.5 Å². The molecule has 0 spiro atoms. The monoisotopic (exact) mass is 318 g/mol. The molecule has 0 aliphatic carbocycles. The number of H-pyrrole nitrogens is 1. The number of aromatic amines is 1. The molecule has 1 fully saturated rings. The number of β-amino-alcohol motifs (C(OH)–C–C–N with tert-alkyl or cyclic N) is 1. The molecule has 0 saturated carbocycles. The fourth-order valence-corrected chi connectivity index (χ4v) is 2.96. The maximum absolute atomic E-state index is 12.7. The van der Waals surface area contributed by atoms with Gasteiger partial charge in [-0.15, -0.1) is 0 Å². The van der Waals surface area contributed by atoms with Crippen LogP contribution in [0.4, 0.5) is 0 Å². The molecule has 2 N–H and O–H groups in total. The van der Waals surface area contributed by atoms with Crippen LogP contribution in [0.25, 0.3) is 0 Å². The van der Waals surface area contributed by atoms with Gasteiger partial charge in [-0.1, -0.05) is 13.8 Å². The van der Waals surface area contributed by atoms with Gasteiger partial charge in [-0.2, -0.15) is 20.5 Å². The van der Waals surface area contributed by atoms with Gasteiger partial charge in [-0.25, -0.2) is 0 Å². The Morgan fingerprint density at radius 1 is 1.48 bits per heavy atom. The lowest BCUT2D eigenvalue weighted by Gasteiger charge is -2.21. The van der Waals surface area contributed by atoms with Gasteiger partial charge in [0.25, 0.3) is 5.91 Å². The Bertz CT molecular complexity index is 693. The van der Waals surface area contributed by atoms with Crippen molar-refractivity contribution in [2.45, 2.75) is 39.3 Å². The minimum Gasteiger partial charge on any atom is -0.381 e. The highest BCUT2D eigenvalue weighted by Crippen LogP contribution is 2.31. The third kappa shape index (κ3) is 2.86. The molecule has 1 saturated heterocycles. The number of carbonyl (C=O) groups is 1. The number of amides is 1. The van der Waals surface area contributed by atoms with Gasteiger partial charge in [0.2, 0.25) is 0 Å². The highest BCUT2D eigenvalue weighted by atomic mass is 16.3. The van der Waals surface area contributed by atoms with Crippen LogP contribution < -0.4 is 0 Å². The molecule has 2 aromatic heterocycles. The summed E-state index contributed by atoms with van der Waals surface area (Å²) in [6.45, 7) is 7.61. The van der Waals surface area contributed by atoms with Crippen molar-refractivity contribution in [2.75, 3.05) is 13.1 Å². The van der Waals surface area contributed by atoms with E-state index in [-0.39, 0.29) is 12.5 Å². The van der Waals surface area contributed by atoms with Crippen LogP contribution in [-0.4, -0.2) is 54.2 Å². The fraction of sp³-hybridized carbons (Fsp3) is 0.600. The van der Waals surface area contributed by atoms with Crippen LogP contribution in [0, 0.1) is 12.8 Å². The molecule has 3 rings (SSSR count). The Kier molecular flexibility index (Phi) is 3.93. The Morgan fingerprint density at radius 2 is 2.26 bits per heavy atom. The summed E-state index contributed by atoms with van der Waals surface area (Å²) in [5.74, 6) is 0.359. The van der Waals surface area contributed by atoms with Crippen molar-refractivity contribution in [1.29, 1.82) is 0 Å². The molecule has 1 unspecified atom stereocenters. The van der Waals surface area contributed by atoms with Crippen LogP contribution in [0.1, 0.15) is 42.0 Å². The first-order valence-corrected chi connectivity index (χ1v) is 7.81. The smallest absolute Gasteiger partial charge is 0.257 e. The lowest BCUT2D eigenvalue weighted by molar-refractivity contribution is 0.0382. The number of hydrogen-bond acceptors (Lipinski definition) is 5. The molecule has 124 valence electrons. The first-order valence-electron chi connectivity index (χ1n) is 7.81. The van der Waals surface area contributed by atoms with E-state index in [9.17, 15) is 9.90 Å². The predicted molar refractivity (Wildman–Crippen MR) is 82.6 cm³/mol. The summed E-state index contributed by atoms with van der Waals surface area (Å²) in [5.41, 5.74) is 0.792. The van der Waals surface area contributed by atoms with Crippen LogP contribution in [0.3, 0.4) is 0 Å². The molecule has 23 heavy (non-hydrogen) atoms. The van der Waals surface area contributed by atoms with E-state index in [0.29, 0.717) is 30.1 Å². The first kappa shape index (κ1) is 15.7. The summed E-state index contributed by atoms with van der Waals surface area (Å²) < 4.78 is 1.86. The quantitative estimate of drug-likeness (QED) is 0.864. The Balaban J connectivity index is 1.76. The standard InChI is InChI=1S/C15H22N6O2/c1-10(2)8-21-11(3)12(6-17-21)14(22)20-5-4-15(23,9-20)13-7-16-19-18-13/h6-7,10,23H,4-5,8-9H2,1-3H3,(H,16,18,19). The van der Waals surface area contributed by atoms with E-state index in [2.05, 4.69) is 34.4 Å². The minimum absolute atomic E-state index is 0.100. The van der Waals surface area contributed by atoms with Crippen LogP contribution in [0.5, 0.6) is 0 Å². The Morgan fingerprint density at radius 3 is 2.91 bits per heavy atom. The van der Waals surface area contributed by atoms with E-state index >= 15 is 0 Å². The second-order valence-corrected chi connectivity index (χ2v) is 6.58. The molecular formula is C15H22N6O2. The van der Waals surface area contributed by atoms with Gasteiger partial charge < -0.3 is 10.0 Å². The third-order valence-corrected chi connectivity index (χ3v) is 4.30. The zero-order chi connectivity index (χ0) is 16.6. The van der Waals surface area contributed by atoms with Crippen molar-refractivity contribution in [3.05, 3.63) is 29.3 Å². The van der Waals surface area contributed by atoms with E-state index in [4.69, 9.17) is 0 Å². The van der Waals surface area contributed by atoms with Crippen LogP contribution >= 0.6 is 0 Å². The average Bonchev–Trinajstić information content (AvgIpc) is 3.20. The van der Waals surface area contributed by atoms with E-state index < -0.39 is 5.60 Å². The molecule has 0 bridgehead atoms. The molecule has 2 aromatic rings. The molecule has 1 atom stereocenters. The molecule has 1 aliphatic heterocycles. The number of hydrogen-bond donors (Lipinski definition) is 2. The maximum atomic E-state index is 12.7. The summed E-state index contributed by atoms with van der Waals surface area (Å²) in [6.07, 6.45) is 3.57. The highest BCUT2D eigenvalue weighted by molar-refractivity contribution is 5.95. The zero-order valence-electron chi connectivity index (χ0n) is 13.7. The van der Waals surface area contributed by atoms with Gasteiger partial charge in [-0.05, 0) is 12.8 Å². The highest BCUT2D eigenvalue weighted by Gasteiger charge is 2.42. The first-order chi connectivity index (χ1) is 10.9. The lowest BCUT2D eigenvalue weighted by Crippen LogP contribution is -2.34. The molecular weight excluding hydrogens is 296 g/mol. The number of carbonyl (C=O) groups excluding carboxylic acids is 1. The van der Waals surface area contributed by atoms with Crippen LogP contribution in [-0.2, 0) is 12.1 Å². The number of aromatic nitrogens is 5. The maximum Gasteiger partial charge on any atom is 0.257 e. The Hall–Kier alpha value is -2.22. The molecule has 0 radical (unpaired) electrons. The van der Waals surface area contributed by atoms with E-state index in [0.717, 1.165) is 12.2 Å². The summed E-state index contributed by atoms with van der Waals surface area (Å²) in [6, 6.07) is 0. The Labute approximate surface area is 134 Å². The molecule has 0 aromatic carbocycles. The lowest BCUT2D eigenvalue weighted by atomic mass is 10.00. The predicted octanol–water partition coefficient (Wildman–Crippen LogP) is 0.699. The zero-order valence-corrected chi connectivity index (χ0v) is 13.7. The topological polar surface area (TPSA) is 99.9 Å². The van der Waals surface area contributed by atoms with Crippen molar-refractivity contribution in [2.24, 2.45) is 5.92 Å². The molecule has 3 heterocycles. The van der Waals surface area contributed by atoms with Gasteiger partial charge in [0, 0.05) is 25.2 Å². The average molecular weight is 318 g/mol. The van der Waals surface area contributed by atoms with Crippen molar-refractivity contribution in [1.82, 2.24) is 30.1 Å². The summed E-state index contributed by atoms with van der Waals surface area (Å²) in [5, 5.41) is 25.2.